The van der Waals surface area contributed by atoms with Gasteiger partial charge in [-0.25, -0.2) is 31.5 Å². The van der Waals surface area contributed by atoms with Gasteiger partial charge in [-0.05, 0) is 61.6 Å². The van der Waals surface area contributed by atoms with Crippen molar-refractivity contribution in [2.45, 2.75) is 50.7 Å². The Morgan fingerprint density at radius 2 is 1.79 bits per heavy atom. The van der Waals surface area contributed by atoms with Gasteiger partial charge in [0.15, 0.2) is 5.82 Å². The van der Waals surface area contributed by atoms with E-state index in [-0.39, 0.29) is 44.5 Å². The van der Waals surface area contributed by atoms with Crippen molar-refractivity contribution in [1.29, 1.82) is 0 Å². The number of anilines is 1. The SMILES string of the molecule is CC(O)C#Cc1ccc(-c2ccc(Cl)c3c(NS(C)=O)nn(C)c23)c(C(Cc2cc(F)cc(F)c2)NC(=O)n2nc(C(F)F)c3c2C(F)(F)CC3)n1. The zero-order valence-corrected chi connectivity index (χ0v) is 29.0. The molecule has 10 nitrogen and oxygen atoms in total. The minimum absolute atomic E-state index is 0.00143. The Morgan fingerprint density at radius 3 is 2.44 bits per heavy atom. The van der Waals surface area contributed by atoms with Gasteiger partial charge in [-0.2, -0.15) is 23.7 Å². The molecular weight excluding hydrogens is 736 g/mol. The highest BCUT2D eigenvalue weighted by Crippen LogP contribution is 2.45. The van der Waals surface area contributed by atoms with Gasteiger partial charge in [-0.15, -0.1) is 0 Å². The Bertz CT molecular complexity index is 2300. The molecule has 3 atom stereocenters. The monoisotopic (exact) mass is 763 g/mol. The van der Waals surface area contributed by atoms with E-state index in [1.54, 1.807) is 19.2 Å². The summed E-state index contributed by atoms with van der Waals surface area (Å²) in [6.07, 6.45) is -4.56. The molecule has 3 N–H and O–H groups in total. The lowest BCUT2D eigenvalue weighted by Gasteiger charge is -2.23. The molecular formula is C34H28ClF6N7O3S. The summed E-state index contributed by atoms with van der Waals surface area (Å²) in [5.74, 6) is -0.106. The number of aryl methyl sites for hydroxylation is 1. The number of halogens is 7. The largest absolute Gasteiger partial charge is 0.381 e. The number of aromatic nitrogens is 5. The van der Waals surface area contributed by atoms with Crippen molar-refractivity contribution in [2.24, 2.45) is 7.05 Å². The van der Waals surface area contributed by atoms with Crippen LogP contribution >= 0.6 is 11.6 Å². The van der Waals surface area contributed by atoms with Crippen LogP contribution < -0.4 is 10.0 Å². The summed E-state index contributed by atoms with van der Waals surface area (Å²) in [4.78, 5) is 18.6. The fourth-order valence-electron chi connectivity index (χ4n) is 6.22. The predicted octanol–water partition coefficient (Wildman–Crippen LogP) is 6.72. The molecule has 272 valence electrons. The number of benzene rings is 2. The third-order valence-corrected chi connectivity index (χ3v) is 9.04. The highest BCUT2D eigenvalue weighted by molar-refractivity contribution is 7.85. The zero-order chi connectivity index (χ0) is 37.6. The zero-order valence-electron chi connectivity index (χ0n) is 27.4. The van der Waals surface area contributed by atoms with Gasteiger partial charge in [0.2, 0.25) is 0 Å². The van der Waals surface area contributed by atoms with Crippen molar-refractivity contribution in [3.63, 3.8) is 0 Å². The van der Waals surface area contributed by atoms with Gasteiger partial charge in [-0.3, -0.25) is 9.40 Å². The van der Waals surface area contributed by atoms with Crippen molar-refractivity contribution in [3.05, 3.63) is 93.0 Å². The van der Waals surface area contributed by atoms with E-state index in [1.165, 1.54) is 30.0 Å². The second-order valence-electron chi connectivity index (χ2n) is 12.0. The van der Waals surface area contributed by atoms with Gasteiger partial charge in [0, 0.05) is 42.5 Å². The number of rotatable bonds is 8. The second-order valence-corrected chi connectivity index (χ2v) is 13.6. The van der Waals surface area contributed by atoms with Crippen LogP contribution in [0.3, 0.4) is 0 Å². The summed E-state index contributed by atoms with van der Waals surface area (Å²) in [7, 11) is 0.0443. The molecule has 52 heavy (non-hydrogen) atoms. The number of aliphatic hydroxyl groups excluding tert-OH is 1. The minimum atomic E-state index is -3.66. The molecule has 2 aromatic carbocycles. The Kier molecular flexibility index (Phi) is 10.1. The highest BCUT2D eigenvalue weighted by atomic mass is 35.5. The Labute approximate surface area is 299 Å². The van der Waals surface area contributed by atoms with E-state index < -0.39 is 82.9 Å². The van der Waals surface area contributed by atoms with E-state index in [9.17, 15) is 31.7 Å². The number of aliphatic hydroxyl groups is 1. The van der Waals surface area contributed by atoms with E-state index in [4.69, 9.17) is 11.6 Å². The third kappa shape index (κ3) is 7.23. The van der Waals surface area contributed by atoms with Crippen LogP contribution in [0.15, 0.2) is 42.5 Å². The molecule has 0 aliphatic heterocycles. The summed E-state index contributed by atoms with van der Waals surface area (Å²) in [5, 5.41) is 20.9. The molecule has 0 saturated carbocycles. The summed E-state index contributed by atoms with van der Waals surface area (Å²) >= 11 is 6.58. The number of hydrogen-bond acceptors (Lipinski definition) is 6. The van der Waals surface area contributed by atoms with Crippen molar-refractivity contribution in [1.82, 2.24) is 29.9 Å². The van der Waals surface area contributed by atoms with Crippen molar-refractivity contribution < 1.29 is 40.5 Å². The van der Waals surface area contributed by atoms with E-state index in [2.05, 4.69) is 37.1 Å². The van der Waals surface area contributed by atoms with Crippen LogP contribution in [0, 0.1) is 23.5 Å². The average molecular weight is 764 g/mol. The number of hydrogen-bond donors (Lipinski definition) is 3. The smallest absolute Gasteiger partial charge is 0.343 e. The quantitative estimate of drug-likeness (QED) is 0.119. The van der Waals surface area contributed by atoms with Gasteiger partial charge >= 0.3 is 6.03 Å². The summed E-state index contributed by atoms with van der Waals surface area (Å²) in [6, 6.07) is 6.10. The van der Waals surface area contributed by atoms with E-state index in [0.717, 1.165) is 12.1 Å². The molecule has 5 aromatic rings. The maximum atomic E-state index is 15.1. The van der Waals surface area contributed by atoms with Crippen LogP contribution in [0.25, 0.3) is 22.0 Å². The molecule has 0 saturated heterocycles. The fourth-order valence-corrected chi connectivity index (χ4v) is 6.88. The van der Waals surface area contributed by atoms with E-state index in [0.29, 0.717) is 22.5 Å². The van der Waals surface area contributed by atoms with Crippen LogP contribution in [0.2, 0.25) is 5.02 Å². The second kappa shape index (κ2) is 14.2. The number of nitrogens with zero attached hydrogens (tertiary/aromatic N) is 5. The fraction of sp³-hybridized carbons (Fsp3) is 0.294. The summed E-state index contributed by atoms with van der Waals surface area (Å²) < 4.78 is 103. The molecule has 18 heteroatoms. The molecule has 1 aliphatic rings. The maximum absolute atomic E-state index is 15.1. The van der Waals surface area contributed by atoms with Crippen LogP contribution in [0.1, 0.15) is 59.7 Å². The normalized spacial score (nSPS) is 15.2. The maximum Gasteiger partial charge on any atom is 0.343 e. The van der Waals surface area contributed by atoms with Crippen molar-refractivity contribution >= 4 is 45.3 Å². The van der Waals surface area contributed by atoms with Gasteiger partial charge in [0.25, 0.3) is 12.3 Å². The Balaban J connectivity index is 1.58. The Morgan fingerprint density at radius 1 is 1.10 bits per heavy atom. The Hall–Kier alpha value is -4.92. The molecule has 0 radical (unpaired) electrons. The first-order chi connectivity index (χ1) is 24.5. The molecule has 0 fully saturated rings. The number of nitrogens with one attached hydrogen (secondary N) is 2. The van der Waals surface area contributed by atoms with Gasteiger partial charge in [0.1, 0.15) is 45.8 Å². The number of amides is 1. The number of carbonyl (C=O) groups is 1. The van der Waals surface area contributed by atoms with E-state index >= 15 is 8.78 Å². The predicted molar refractivity (Wildman–Crippen MR) is 181 cm³/mol. The summed E-state index contributed by atoms with van der Waals surface area (Å²) in [5.41, 5.74) is -1.21. The molecule has 3 heterocycles. The highest BCUT2D eigenvalue weighted by Gasteiger charge is 2.47. The molecule has 3 aromatic heterocycles. The molecule has 3 unspecified atom stereocenters. The molecule has 6 rings (SSSR count). The van der Waals surface area contributed by atoms with Crippen molar-refractivity contribution in [2.75, 3.05) is 11.0 Å². The average Bonchev–Trinajstić information content (AvgIpc) is 3.71. The van der Waals surface area contributed by atoms with Gasteiger partial charge in [0.05, 0.1) is 27.7 Å². The lowest BCUT2D eigenvalue weighted by atomic mass is 9.94. The molecule has 1 amide bonds. The first-order valence-electron chi connectivity index (χ1n) is 15.5. The number of pyridine rings is 1. The van der Waals surface area contributed by atoms with Crippen LogP contribution in [0.4, 0.5) is 37.0 Å². The van der Waals surface area contributed by atoms with Gasteiger partial charge in [-0.1, -0.05) is 23.6 Å². The lowest BCUT2D eigenvalue weighted by Crippen LogP contribution is -2.37. The topological polar surface area (TPSA) is 127 Å². The first kappa shape index (κ1) is 36.9. The molecule has 1 aliphatic carbocycles. The number of fused-ring (bicyclic) bond motifs is 2. The van der Waals surface area contributed by atoms with Crippen LogP contribution in [-0.2, 0) is 36.8 Å². The number of carbonyl (C=O) groups excluding carboxylic acids is 1. The van der Waals surface area contributed by atoms with Crippen molar-refractivity contribution in [3.8, 4) is 23.0 Å². The van der Waals surface area contributed by atoms with E-state index in [1.807, 2.05) is 0 Å². The lowest BCUT2D eigenvalue weighted by molar-refractivity contribution is -0.00911. The molecule has 0 bridgehead atoms. The third-order valence-electron chi connectivity index (χ3n) is 8.24. The van der Waals surface area contributed by atoms with Crippen LogP contribution in [-0.4, -0.2) is 52.3 Å². The van der Waals surface area contributed by atoms with Crippen LogP contribution in [0.5, 0.6) is 0 Å². The summed E-state index contributed by atoms with van der Waals surface area (Å²) in [6.45, 7) is 1.41. The minimum Gasteiger partial charge on any atom is -0.381 e. The number of alkyl halides is 4. The first-order valence-corrected chi connectivity index (χ1v) is 17.5. The molecule has 0 spiro atoms. The van der Waals surface area contributed by atoms with Gasteiger partial charge < -0.3 is 10.4 Å². The standard InChI is InChI=1S/C34H28ClF6N7O3S/c1-16(49)4-5-20-6-7-21(22-8-9-24(35)26-29(22)47(2)45-32(26)46-52(3)51)27(42-20)25(14-17-12-18(36)15-19(37)13-17)43-33(50)48-30-23(10-11-34(30,40)41)28(44-48)31(38)39/h6-9,12-13,15-16,25,31,49H,10-11,14H2,1-3H3,(H,43,50)(H,45,46).